The zero-order valence-electron chi connectivity index (χ0n) is 10.1. The highest BCUT2D eigenvalue weighted by molar-refractivity contribution is 5.47. The summed E-state index contributed by atoms with van der Waals surface area (Å²) in [6.45, 7) is 4.57. The van der Waals surface area contributed by atoms with Gasteiger partial charge in [-0.15, -0.1) is 0 Å². The van der Waals surface area contributed by atoms with Crippen molar-refractivity contribution in [1.29, 1.82) is 0 Å². The van der Waals surface area contributed by atoms with E-state index in [0.717, 1.165) is 12.2 Å². The number of hydrogen-bond acceptors (Lipinski definition) is 2. The summed E-state index contributed by atoms with van der Waals surface area (Å²) in [6, 6.07) is 4.21. The molecule has 1 unspecified atom stereocenters. The third kappa shape index (κ3) is 2.38. The molecule has 0 saturated heterocycles. The first kappa shape index (κ1) is 11.5. The number of fused-ring (bicyclic) bond motifs is 1. The molecule has 1 aromatic carbocycles. The molecule has 88 valence electrons. The Morgan fingerprint density at radius 1 is 1.31 bits per heavy atom. The van der Waals surface area contributed by atoms with Crippen molar-refractivity contribution in [2.24, 2.45) is 0 Å². The third-order valence-corrected chi connectivity index (χ3v) is 3.27. The van der Waals surface area contributed by atoms with E-state index in [0.29, 0.717) is 13.0 Å². The molecule has 0 aromatic heterocycles. The lowest BCUT2D eigenvalue weighted by atomic mass is 10.0. The number of aryl methyl sites for hydroxylation is 1. The van der Waals surface area contributed by atoms with Crippen LogP contribution in [0.5, 0.6) is 5.75 Å². The molecule has 0 heterocycles. The lowest BCUT2D eigenvalue weighted by molar-refractivity contribution is 0.155. The summed E-state index contributed by atoms with van der Waals surface area (Å²) in [6.07, 6.45) is 3.99. The van der Waals surface area contributed by atoms with Crippen LogP contribution in [0.2, 0.25) is 0 Å². The second-order valence-corrected chi connectivity index (χ2v) is 4.68. The summed E-state index contributed by atoms with van der Waals surface area (Å²) in [4.78, 5) is 0. The predicted molar refractivity (Wildman–Crippen MR) is 65.0 cm³/mol. The van der Waals surface area contributed by atoms with E-state index in [1.807, 2.05) is 0 Å². The van der Waals surface area contributed by atoms with E-state index >= 15 is 0 Å². The summed E-state index contributed by atoms with van der Waals surface area (Å²) in [5, 5.41) is 9.19. The van der Waals surface area contributed by atoms with Crippen LogP contribution in [0.3, 0.4) is 0 Å². The van der Waals surface area contributed by atoms with E-state index in [1.165, 1.54) is 29.5 Å². The van der Waals surface area contributed by atoms with Crippen molar-refractivity contribution < 1.29 is 9.84 Å². The molecule has 0 radical (unpaired) electrons. The Bertz CT molecular complexity index is 369. The molecule has 1 N–H and O–H groups in total. The fourth-order valence-corrected chi connectivity index (χ4v) is 2.33. The van der Waals surface area contributed by atoms with Crippen LogP contribution in [0.4, 0.5) is 0 Å². The van der Waals surface area contributed by atoms with Gasteiger partial charge in [0.05, 0.1) is 12.7 Å². The van der Waals surface area contributed by atoms with Gasteiger partial charge in [-0.25, -0.2) is 0 Å². The smallest absolute Gasteiger partial charge is 0.122 e. The van der Waals surface area contributed by atoms with Gasteiger partial charge in [0.15, 0.2) is 0 Å². The predicted octanol–water partition coefficient (Wildman–Crippen LogP) is 2.63. The topological polar surface area (TPSA) is 29.5 Å². The maximum absolute atomic E-state index is 9.19. The van der Waals surface area contributed by atoms with Gasteiger partial charge in [0.1, 0.15) is 5.75 Å². The van der Waals surface area contributed by atoms with E-state index in [2.05, 4.69) is 19.1 Å². The first-order valence-corrected chi connectivity index (χ1v) is 6.10. The van der Waals surface area contributed by atoms with Crippen LogP contribution in [0.25, 0.3) is 0 Å². The fourth-order valence-electron chi connectivity index (χ4n) is 2.33. The largest absolute Gasteiger partial charge is 0.493 e. The number of benzene rings is 1. The van der Waals surface area contributed by atoms with E-state index in [-0.39, 0.29) is 6.10 Å². The minimum absolute atomic E-state index is 0.279. The highest BCUT2D eigenvalue weighted by atomic mass is 16.5. The standard InChI is InChI=1S/C14H20O2/c1-10-6-7-14(16-9-8-11(2)15)13-5-3-4-12(10)13/h6-7,11,15H,3-5,8-9H2,1-2H3. The molecule has 2 nitrogen and oxygen atoms in total. The first-order valence-electron chi connectivity index (χ1n) is 6.10. The van der Waals surface area contributed by atoms with Crippen molar-refractivity contribution in [1.82, 2.24) is 0 Å². The van der Waals surface area contributed by atoms with Gasteiger partial charge in [0, 0.05) is 6.42 Å². The van der Waals surface area contributed by atoms with E-state index in [1.54, 1.807) is 6.92 Å². The molecule has 2 heteroatoms. The molecule has 1 atom stereocenters. The Hall–Kier alpha value is -1.02. The van der Waals surface area contributed by atoms with Crippen LogP contribution in [-0.2, 0) is 12.8 Å². The molecule has 0 spiro atoms. The molecule has 1 aliphatic rings. The monoisotopic (exact) mass is 220 g/mol. The summed E-state index contributed by atoms with van der Waals surface area (Å²) >= 11 is 0. The summed E-state index contributed by atoms with van der Waals surface area (Å²) in [5.41, 5.74) is 4.26. The van der Waals surface area contributed by atoms with Gasteiger partial charge in [-0.05, 0) is 55.9 Å². The van der Waals surface area contributed by atoms with E-state index in [4.69, 9.17) is 4.74 Å². The van der Waals surface area contributed by atoms with Crippen LogP contribution < -0.4 is 4.74 Å². The van der Waals surface area contributed by atoms with Crippen LogP contribution in [0.15, 0.2) is 12.1 Å². The van der Waals surface area contributed by atoms with Crippen molar-refractivity contribution in [3.63, 3.8) is 0 Å². The van der Waals surface area contributed by atoms with Crippen molar-refractivity contribution >= 4 is 0 Å². The zero-order chi connectivity index (χ0) is 11.5. The number of aliphatic hydroxyl groups is 1. The van der Waals surface area contributed by atoms with Gasteiger partial charge in [0.2, 0.25) is 0 Å². The molecule has 0 amide bonds. The van der Waals surface area contributed by atoms with Gasteiger partial charge in [-0.2, -0.15) is 0 Å². The summed E-state index contributed by atoms with van der Waals surface area (Å²) in [5.74, 6) is 1.03. The van der Waals surface area contributed by atoms with Crippen LogP contribution in [0.1, 0.15) is 36.5 Å². The highest BCUT2D eigenvalue weighted by Gasteiger charge is 2.17. The molecule has 0 bridgehead atoms. The number of hydrogen-bond donors (Lipinski definition) is 1. The van der Waals surface area contributed by atoms with Crippen molar-refractivity contribution in [2.75, 3.05) is 6.61 Å². The molecule has 0 aliphatic heterocycles. The molecule has 1 aromatic rings. The summed E-state index contributed by atoms with van der Waals surface area (Å²) in [7, 11) is 0. The average molecular weight is 220 g/mol. The molecule has 2 rings (SSSR count). The molecule has 0 fully saturated rings. The third-order valence-electron chi connectivity index (χ3n) is 3.27. The minimum Gasteiger partial charge on any atom is -0.493 e. The molecule has 16 heavy (non-hydrogen) atoms. The molecular formula is C14H20O2. The van der Waals surface area contributed by atoms with Crippen LogP contribution in [0, 0.1) is 6.92 Å². The summed E-state index contributed by atoms with van der Waals surface area (Å²) < 4.78 is 5.75. The number of aliphatic hydroxyl groups excluding tert-OH is 1. The second kappa shape index (κ2) is 4.88. The van der Waals surface area contributed by atoms with Gasteiger partial charge in [-0.1, -0.05) is 6.07 Å². The number of ether oxygens (including phenoxy) is 1. The van der Waals surface area contributed by atoms with E-state index < -0.39 is 0 Å². The lowest BCUT2D eigenvalue weighted by Gasteiger charge is -2.13. The lowest BCUT2D eigenvalue weighted by Crippen LogP contribution is -2.08. The van der Waals surface area contributed by atoms with Gasteiger partial charge < -0.3 is 9.84 Å². The van der Waals surface area contributed by atoms with Gasteiger partial charge in [-0.3, -0.25) is 0 Å². The maximum atomic E-state index is 9.19. The fraction of sp³-hybridized carbons (Fsp3) is 0.571. The maximum Gasteiger partial charge on any atom is 0.122 e. The van der Waals surface area contributed by atoms with Crippen LogP contribution in [-0.4, -0.2) is 17.8 Å². The Morgan fingerprint density at radius 2 is 2.06 bits per heavy atom. The van der Waals surface area contributed by atoms with E-state index in [9.17, 15) is 5.11 Å². The molecule has 0 saturated carbocycles. The minimum atomic E-state index is -0.279. The van der Waals surface area contributed by atoms with Gasteiger partial charge in [0.25, 0.3) is 0 Å². The molecular weight excluding hydrogens is 200 g/mol. The Labute approximate surface area is 97.3 Å². The first-order chi connectivity index (χ1) is 7.68. The van der Waals surface area contributed by atoms with Crippen LogP contribution >= 0.6 is 0 Å². The van der Waals surface area contributed by atoms with Gasteiger partial charge >= 0.3 is 0 Å². The van der Waals surface area contributed by atoms with Crippen molar-refractivity contribution in [2.45, 2.75) is 45.6 Å². The Balaban J connectivity index is 2.08. The SMILES string of the molecule is Cc1ccc(OCCC(C)O)c2c1CCC2. The highest BCUT2D eigenvalue weighted by Crippen LogP contribution is 2.32. The Kier molecular flexibility index (Phi) is 3.49. The second-order valence-electron chi connectivity index (χ2n) is 4.68. The van der Waals surface area contributed by atoms with Crippen molar-refractivity contribution in [3.8, 4) is 5.75 Å². The zero-order valence-corrected chi connectivity index (χ0v) is 10.1. The normalized spacial score (nSPS) is 15.9. The quantitative estimate of drug-likeness (QED) is 0.845. The molecule has 1 aliphatic carbocycles. The van der Waals surface area contributed by atoms with Crippen molar-refractivity contribution in [3.05, 3.63) is 28.8 Å². The average Bonchev–Trinajstić information content (AvgIpc) is 2.70. The number of rotatable bonds is 4. The Morgan fingerprint density at radius 3 is 2.81 bits per heavy atom.